The van der Waals surface area contributed by atoms with Crippen LogP contribution in [-0.2, 0) is 9.59 Å². The molecule has 1 aliphatic rings. The SMILES string of the molecule is COc1cc(OC)c(/C(O)=C2\C(=O)C(=O)N(c3ccc(C)cc3)C2c2ccc(N(C)C)cc2)cc1Cl. The lowest BCUT2D eigenvalue weighted by Crippen LogP contribution is -2.29. The first-order chi connectivity index (χ1) is 17.2. The van der Waals surface area contributed by atoms with Gasteiger partial charge in [-0.2, -0.15) is 0 Å². The Kier molecular flexibility index (Phi) is 6.95. The highest BCUT2D eigenvalue weighted by atomic mass is 35.5. The fourth-order valence-corrected chi connectivity index (χ4v) is 4.51. The van der Waals surface area contributed by atoms with Crippen LogP contribution in [0, 0.1) is 6.92 Å². The Labute approximate surface area is 215 Å². The van der Waals surface area contributed by atoms with Crippen molar-refractivity contribution in [2.24, 2.45) is 0 Å². The molecule has 0 radical (unpaired) electrons. The quantitative estimate of drug-likeness (QED) is 0.275. The van der Waals surface area contributed by atoms with E-state index in [2.05, 4.69) is 0 Å². The van der Waals surface area contributed by atoms with E-state index < -0.39 is 17.7 Å². The number of amides is 1. The van der Waals surface area contributed by atoms with Crippen LogP contribution >= 0.6 is 11.6 Å². The number of ether oxygens (including phenoxy) is 2. The van der Waals surface area contributed by atoms with E-state index in [1.54, 1.807) is 12.1 Å². The Morgan fingerprint density at radius 3 is 2.11 bits per heavy atom. The number of Topliss-reactive ketones (excluding diaryl/α,β-unsaturated/α-hetero) is 1. The second kappa shape index (κ2) is 9.95. The second-order valence-corrected chi connectivity index (χ2v) is 9.08. The van der Waals surface area contributed by atoms with E-state index in [-0.39, 0.29) is 27.7 Å². The zero-order valence-electron chi connectivity index (χ0n) is 20.7. The fourth-order valence-electron chi connectivity index (χ4n) is 4.26. The van der Waals surface area contributed by atoms with Crippen LogP contribution in [0.2, 0.25) is 5.02 Å². The van der Waals surface area contributed by atoms with Crippen molar-refractivity contribution in [3.05, 3.63) is 87.9 Å². The average Bonchev–Trinajstić information content (AvgIpc) is 3.14. The smallest absolute Gasteiger partial charge is 0.300 e. The van der Waals surface area contributed by atoms with Crippen LogP contribution in [-0.4, -0.2) is 45.1 Å². The number of aliphatic hydroxyl groups excluding tert-OH is 1. The molecule has 36 heavy (non-hydrogen) atoms. The summed E-state index contributed by atoms with van der Waals surface area (Å²) in [5.74, 6) is -1.33. The number of benzene rings is 3. The van der Waals surface area contributed by atoms with E-state index in [0.717, 1.165) is 11.3 Å². The molecular weight excluding hydrogens is 480 g/mol. The van der Waals surface area contributed by atoms with E-state index in [1.165, 1.54) is 31.3 Å². The van der Waals surface area contributed by atoms with Crippen molar-refractivity contribution in [2.75, 3.05) is 38.1 Å². The van der Waals surface area contributed by atoms with E-state index in [0.29, 0.717) is 17.0 Å². The van der Waals surface area contributed by atoms with Crippen molar-refractivity contribution in [3.63, 3.8) is 0 Å². The Morgan fingerprint density at radius 2 is 1.56 bits per heavy atom. The van der Waals surface area contributed by atoms with Gasteiger partial charge in [0.05, 0.1) is 36.4 Å². The molecule has 1 atom stereocenters. The predicted molar refractivity (Wildman–Crippen MR) is 141 cm³/mol. The molecule has 1 saturated heterocycles. The molecule has 3 aromatic carbocycles. The van der Waals surface area contributed by atoms with E-state index in [4.69, 9.17) is 21.1 Å². The minimum absolute atomic E-state index is 0.0577. The predicted octanol–water partition coefficient (Wildman–Crippen LogP) is 5.36. The van der Waals surface area contributed by atoms with E-state index >= 15 is 0 Å². The van der Waals surface area contributed by atoms with Crippen LogP contribution in [0.15, 0.2) is 66.2 Å². The van der Waals surface area contributed by atoms with Crippen molar-refractivity contribution >= 4 is 40.4 Å². The maximum absolute atomic E-state index is 13.4. The van der Waals surface area contributed by atoms with Crippen molar-refractivity contribution in [1.82, 2.24) is 0 Å². The summed E-state index contributed by atoms with van der Waals surface area (Å²) in [5.41, 5.74) is 3.30. The van der Waals surface area contributed by atoms with Crippen LogP contribution in [0.5, 0.6) is 11.5 Å². The zero-order chi connectivity index (χ0) is 26.1. The summed E-state index contributed by atoms with van der Waals surface area (Å²) >= 11 is 6.33. The molecule has 1 amide bonds. The number of methoxy groups -OCH3 is 2. The molecule has 1 N–H and O–H groups in total. The number of carbonyl (C=O) groups is 2. The van der Waals surface area contributed by atoms with Crippen molar-refractivity contribution in [1.29, 1.82) is 0 Å². The van der Waals surface area contributed by atoms with Crippen molar-refractivity contribution in [3.8, 4) is 11.5 Å². The molecule has 0 saturated carbocycles. The van der Waals surface area contributed by atoms with Crippen LogP contribution in [0.25, 0.3) is 5.76 Å². The topological polar surface area (TPSA) is 79.3 Å². The van der Waals surface area contributed by atoms with Gasteiger partial charge < -0.3 is 19.5 Å². The molecule has 1 fully saturated rings. The third kappa shape index (κ3) is 4.38. The summed E-state index contributed by atoms with van der Waals surface area (Å²) in [4.78, 5) is 30.1. The number of aliphatic hydroxyl groups is 1. The van der Waals surface area contributed by atoms with Crippen molar-refractivity contribution in [2.45, 2.75) is 13.0 Å². The summed E-state index contributed by atoms with van der Waals surface area (Å²) in [6.45, 7) is 1.94. The highest BCUT2D eigenvalue weighted by molar-refractivity contribution is 6.51. The third-order valence-corrected chi connectivity index (χ3v) is 6.51. The lowest BCUT2D eigenvalue weighted by atomic mass is 9.94. The van der Waals surface area contributed by atoms with Gasteiger partial charge in [-0.1, -0.05) is 41.4 Å². The molecule has 1 unspecified atom stereocenters. The van der Waals surface area contributed by atoms with Crippen molar-refractivity contribution < 1.29 is 24.2 Å². The molecule has 0 bridgehead atoms. The summed E-state index contributed by atoms with van der Waals surface area (Å²) in [5, 5.41) is 11.7. The Morgan fingerprint density at radius 1 is 0.944 bits per heavy atom. The second-order valence-electron chi connectivity index (χ2n) is 8.68. The summed E-state index contributed by atoms with van der Waals surface area (Å²) in [6, 6.07) is 16.9. The van der Waals surface area contributed by atoms with E-state index in [9.17, 15) is 14.7 Å². The monoisotopic (exact) mass is 506 g/mol. The molecule has 4 rings (SSSR count). The van der Waals surface area contributed by atoms with Gasteiger partial charge in [-0.3, -0.25) is 14.5 Å². The Hall–Kier alpha value is -3.97. The minimum Gasteiger partial charge on any atom is -0.507 e. The van der Waals surface area contributed by atoms with Gasteiger partial charge in [0.15, 0.2) is 0 Å². The molecule has 7 nitrogen and oxygen atoms in total. The number of ketones is 1. The number of hydrogen-bond donors (Lipinski definition) is 1. The molecule has 0 aliphatic carbocycles. The van der Waals surface area contributed by atoms with Gasteiger partial charge in [0.1, 0.15) is 17.3 Å². The summed E-state index contributed by atoms with van der Waals surface area (Å²) < 4.78 is 10.7. The summed E-state index contributed by atoms with van der Waals surface area (Å²) in [6.07, 6.45) is 0. The van der Waals surface area contributed by atoms with Crippen LogP contribution in [0.3, 0.4) is 0 Å². The maximum atomic E-state index is 13.4. The molecule has 0 spiro atoms. The highest BCUT2D eigenvalue weighted by Gasteiger charge is 2.47. The van der Waals surface area contributed by atoms with Gasteiger partial charge in [-0.25, -0.2) is 0 Å². The first kappa shape index (κ1) is 25.1. The third-order valence-electron chi connectivity index (χ3n) is 6.21. The molecule has 8 heteroatoms. The zero-order valence-corrected chi connectivity index (χ0v) is 21.5. The molecule has 186 valence electrons. The number of nitrogens with zero attached hydrogens (tertiary/aromatic N) is 2. The molecular formula is C28H27ClN2O5. The Balaban J connectivity index is 1.97. The number of rotatable bonds is 6. The van der Waals surface area contributed by atoms with Gasteiger partial charge in [0, 0.05) is 31.5 Å². The maximum Gasteiger partial charge on any atom is 0.300 e. The minimum atomic E-state index is -0.866. The number of carbonyl (C=O) groups excluding carboxylic acids is 2. The molecule has 3 aromatic rings. The fraction of sp³-hybridized carbons (Fsp3) is 0.214. The lowest BCUT2D eigenvalue weighted by molar-refractivity contribution is -0.132. The lowest BCUT2D eigenvalue weighted by Gasteiger charge is -2.26. The molecule has 0 aromatic heterocycles. The normalized spacial score (nSPS) is 16.8. The number of hydrogen-bond acceptors (Lipinski definition) is 6. The molecule has 1 heterocycles. The van der Waals surface area contributed by atoms with Crippen LogP contribution < -0.4 is 19.3 Å². The number of aryl methyl sites for hydroxylation is 1. The van der Waals surface area contributed by atoms with Gasteiger partial charge in [0.2, 0.25) is 0 Å². The van der Waals surface area contributed by atoms with Gasteiger partial charge >= 0.3 is 0 Å². The standard InChI is InChI=1S/C28H27ClN2O5/c1-16-6-10-19(11-7-16)31-25(17-8-12-18(13-9-17)30(2)3)24(27(33)28(31)34)26(32)20-14-21(29)23(36-5)15-22(20)35-4/h6-15,25,32H,1-5H3/b26-24+. The van der Waals surface area contributed by atoms with Crippen LogP contribution in [0.1, 0.15) is 22.7 Å². The van der Waals surface area contributed by atoms with Crippen LogP contribution in [0.4, 0.5) is 11.4 Å². The number of halogens is 1. The molecule has 1 aliphatic heterocycles. The average molecular weight is 507 g/mol. The first-order valence-corrected chi connectivity index (χ1v) is 11.6. The Bertz CT molecular complexity index is 1350. The van der Waals surface area contributed by atoms with Gasteiger partial charge in [-0.15, -0.1) is 0 Å². The van der Waals surface area contributed by atoms with Gasteiger partial charge in [-0.05, 0) is 42.8 Å². The number of anilines is 2. The first-order valence-electron chi connectivity index (χ1n) is 11.2. The largest absolute Gasteiger partial charge is 0.507 e. The van der Waals surface area contributed by atoms with Gasteiger partial charge in [0.25, 0.3) is 11.7 Å². The highest BCUT2D eigenvalue weighted by Crippen LogP contribution is 2.45. The van der Waals surface area contributed by atoms with E-state index in [1.807, 2.05) is 62.3 Å². The summed E-state index contributed by atoms with van der Waals surface area (Å²) in [7, 11) is 6.74.